The molecule has 2 amide bonds. The Morgan fingerprint density at radius 3 is 2.15 bits per heavy atom. The molecule has 1 saturated carbocycles. The lowest BCUT2D eigenvalue weighted by molar-refractivity contribution is 0.0512. The van der Waals surface area contributed by atoms with E-state index in [1.807, 2.05) is 41.5 Å². The van der Waals surface area contributed by atoms with Crippen LogP contribution in [-0.4, -0.2) is 54.6 Å². The lowest BCUT2D eigenvalue weighted by atomic mass is 10.2. The Balaban J connectivity index is 2.05. The van der Waals surface area contributed by atoms with E-state index in [0.29, 0.717) is 19.0 Å². The number of hydrogen-bond acceptors (Lipinski definition) is 7. The van der Waals surface area contributed by atoms with Gasteiger partial charge in [0.15, 0.2) is 0 Å². The van der Waals surface area contributed by atoms with Gasteiger partial charge in [-0.05, 0) is 53.9 Å². The minimum Gasteiger partial charge on any atom is -0.444 e. The summed E-state index contributed by atoms with van der Waals surface area (Å²) in [5.74, 6) is 0.374. The second kappa shape index (κ2) is 9.66. The van der Waals surface area contributed by atoms with Crippen LogP contribution in [0.5, 0.6) is 0 Å². The van der Waals surface area contributed by atoms with Crippen LogP contribution >= 0.6 is 12.6 Å². The van der Waals surface area contributed by atoms with E-state index in [1.165, 1.54) is 0 Å². The van der Waals surface area contributed by atoms with Gasteiger partial charge >= 0.3 is 12.2 Å². The molecule has 1 fully saturated rings. The Hall–Kier alpha value is -1.19. The molecule has 0 aromatic carbocycles. The topological polar surface area (TPSA) is 101 Å². The molecule has 26 heavy (non-hydrogen) atoms. The van der Waals surface area contributed by atoms with Crippen LogP contribution in [-0.2, 0) is 9.47 Å². The molecule has 4 N–H and O–H groups in total. The average molecular weight is 391 g/mol. The smallest absolute Gasteiger partial charge is 0.407 e. The predicted octanol–water partition coefficient (Wildman–Crippen LogP) is 1.82. The maximum absolute atomic E-state index is 11.7. The molecule has 8 nitrogen and oxygen atoms in total. The first-order valence-electron chi connectivity index (χ1n) is 8.97. The van der Waals surface area contributed by atoms with E-state index in [2.05, 4.69) is 33.9 Å². The largest absolute Gasteiger partial charge is 0.444 e. The van der Waals surface area contributed by atoms with Crippen molar-refractivity contribution in [3.63, 3.8) is 0 Å². The van der Waals surface area contributed by atoms with Crippen LogP contribution in [0.15, 0.2) is 0 Å². The number of rotatable bonds is 8. The first kappa shape index (κ1) is 22.9. The lowest BCUT2D eigenvalue weighted by Gasteiger charge is -2.20. The fraction of sp³-hybridized carbons (Fsp3) is 0.882. The summed E-state index contributed by atoms with van der Waals surface area (Å²) in [6.07, 6.45) is 0.114. The van der Waals surface area contributed by atoms with E-state index in [1.54, 1.807) is 0 Å². The van der Waals surface area contributed by atoms with E-state index >= 15 is 0 Å². The second-order valence-electron chi connectivity index (χ2n) is 8.44. The SMILES string of the molecule is CC(C)(C)OC(=O)NCCNC(S)NCC1CC1NC(=O)OC(C)(C)C. The monoisotopic (exact) mass is 390 g/mol. The third kappa shape index (κ3) is 11.4. The van der Waals surface area contributed by atoms with E-state index in [9.17, 15) is 9.59 Å². The highest BCUT2D eigenvalue weighted by Crippen LogP contribution is 2.29. The van der Waals surface area contributed by atoms with Gasteiger partial charge in [0.1, 0.15) is 16.7 Å². The Morgan fingerprint density at radius 1 is 1.00 bits per heavy atom. The van der Waals surface area contributed by atoms with Gasteiger partial charge in [0, 0.05) is 25.7 Å². The second-order valence-corrected chi connectivity index (χ2v) is 8.96. The molecule has 1 aliphatic rings. The van der Waals surface area contributed by atoms with Gasteiger partial charge in [-0.15, -0.1) is 12.6 Å². The molecular weight excluding hydrogens is 356 g/mol. The molecule has 3 atom stereocenters. The highest BCUT2D eigenvalue weighted by Gasteiger charge is 2.39. The molecule has 152 valence electrons. The summed E-state index contributed by atoms with van der Waals surface area (Å²) in [6, 6.07) is 0.145. The van der Waals surface area contributed by atoms with Crippen LogP contribution in [0.4, 0.5) is 9.59 Å². The number of hydrogen-bond donors (Lipinski definition) is 5. The highest BCUT2D eigenvalue weighted by atomic mass is 32.1. The predicted molar refractivity (Wildman–Crippen MR) is 104 cm³/mol. The molecule has 3 unspecified atom stereocenters. The molecule has 1 rings (SSSR count). The molecule has 0 aromatic rings. The summed E-state index contributed by atoms with van der Waals surface area (Å²) in [7, 11) is 0. The van der Waals surface area contributed by atoms with Crippen LogP contribution in [0.2, 0.25) is 0 Å². The summed E-state index contributed by atoms with van der Waals surface area (Å²) in [6.45, 7) is 12.7. The molecular formula is C17H34N4O4S. The molecule has 9 heteroatoms. The normalized spacial score (nSPS) is 20.9. The number of alkyl carbamates (subject to hydrolysis) is 2. The van der Waals surface area contributed by atoms with Crippen molar-refractivity contribution in [1.29, 1.82) is 0 Å². The van der Waals surface area contributed by atoms with Crippen LogP contribution in [0, 0.1) is 5.92 Å². The van der Waals surface area contributed by atoms with Gasteiger partial charge in [0.05, 0.1) is 0 Å². The lowest BCUT2D eigenvalue weighted by Crippen LogP contribution is -2.43. The van der Waals surface area contributed by atoms with E-state index < -0.39 is 17.3 Å². The zero-order chi connectivity index (χ0) is 20.0. The highest BCUT2D eigenvalue weighted by molar-refractivity contribution is 7.80. The Bertz CT molecular complexity index is 476. The van der Waals surface area contributed by atoms with Crippen molar-refractivity contribution in [3.05, 3.63) is 0 Å². The fourth-order valence-corrected chi connectivity index (χ4v) is 2.37. The van der Waals surface area contributed by atoms with Crippen molar-refractivity contribution in [2.75, 3.05) is 19.6 Å². The summed E-state index contributed by atoms with van der Waals surface area (Å²) < 4.78 is 10.4. The number of amides is 2. The van der Waals surface area contributed by atoms with E-state index in [4.69, 9.17) is 9.47 Å². The molecule has 0 aliphatic heterocycles. The van der Waals surface area contributed by atoms with Gasteiger partial charge in [-0.3, -0.25) is 10.6 Å². The third-order valence-electron chi connectivity index (χ3n) is 3.33. The van der Waals surface area contributed by atoms with Crippen molar-refractivity contribution in [1.82, 2.24) is 21.3 Å². The van der Waals surface area contributed by atoms with Crippen molar-refractivity contribution >= 4 is 24.8 Å². The van der Waals surface area contributed by atoms with Gasteiger partial charge in [0.2, 0.25) is 0 Å². The maximum Gasteiger partial charge on any atom is 0.407 e. The Morgan fingerprint density at radius 2 is 1.58 bits per heavy atom. The summed E-state index contributed by atoms with van der Waals surface area (Å²) in [5.41, 5.74) is -1.18. The van der Waals surface area contributed by atoms with E-state index in [-0.39, 0.29) is 17.6 Å². The number of carbonyl (C=O) groups excluding carboxylic acids is 2. The van der Waals surface area contributed by atoms with Crippen molar-refractivity contribution < 1.29 is 19.1 Å². The number of carbonyl (C=O) groups is 2. The maximum atomic E-state index is 11.7. The molecule has 0 heterocycles. The van der Waals surface area contributed by atoms with Crippen LogP contribution in [0.25, 0.3) is 0 Å². The third-order valence-corrected chi connectivity index (χ3v) is 3.69. The molecule has 1 aliphatic carbocycles. The van der Waals surface area contributed by atoms with Gasteiger partial charge in [-0.1, -0.05) is 0 Å². The minimum atomic E-state index is -0.501. The van der Waals surface area contributed by atoms with Gasteiger partial charge < -0.3 is 20.1 Å². The van der Waals surface area contributed by atoms with Crippen molar-refractivity contribution in [2.24, 2.45) is 5.92 Å². The van der Waals surface area contributed by atoms with Gasteiger partial charge in [-0.2, -0.15) is 0 Å². The van der Waals surface area contributed by atoms with Crippen LogP contribution < -0.4 is 21.3 Å². The van der Waals surface area contributed by atoms with Crippen LogP contribution in [0.3, 0.4) is 0 Å². The first-order chi connectivity index (χ1) is 11.9. The number of thiol groups is 1. The van der Waals surface area contributed by atoms with Crippen molar-refractivity contribution in [3.8, 4) is 0 Å². The van der Waals surface area contributed by atoms with Gasteiger partial charge in [-0.25, -0.2) is 9.59 Å². The average Bonchev–Trinajstić information content (AvgIpc) is 3.15. The minimum absolute atomic E-state index is 0.145. The number of nitrogens with one attached hydrogen (secondary N) is 4. The summed E-state index contributed by atoms with van der Waals surface area (Å²) in [5, 5.41) is 11.9. The Kier molecular flexibility index (Phi) is 8.49. The summed E-state index contributed by atoms with van der Waals surface area (Å²) >= 11 is 4.40. The fourth-order valence-electron chi connectivity index (χ4n) is 2.13. The summed E-state index contributed by atoms with van der Waals surface area (Å²) in [4.78, 5) is 23.2. The molecule has 0 radical (unpaired) electrons. The number of ether oxygens (including phenoxy) is 2. The molecule has 0 saturated heterocycles. The van der Waals surface area contributed by atoms with Crippen LogP contribution in [0.1, 0.15) is 48.0 Å². The molecule has 0 spiro atoms. The standard InChI is InChI=1S/C17H34N4O4S/c1-16(2,3)24-14(22)19-8-7-18-13(26)20-10-11-9-12(11)21-15(23)25-17(4,5)6/h11-13,18,20,26H,7-10H2,1-6H3,(H,19,22)(H,21,23). The van der Waals surface area contributed by atoms with E-state index in [0.717, 1.165) is 13.0 Å². The molecule has 0 aromatic heterocycles. The van der Waals surface area contributed by atoms with Gasteiger partial charge in [0.25, 0.3) is 0 Å². The quantitative estimate of drug-likeness (QED) is 0.246. The van der Waals surface area contributed by atoms with Crippen molar-refractivity contribution in [2.45, 2.75) is 70.7 Å². The zero-order valence-electron chi connectivity index (χ0n) is 16.6. The molecule has 0 bridgehead atoms. The Labute approximate surface area is 161 Å². The zero-order valence-corrected chi connectivity index (χ0v) is 17.5. The first-order valence-corrected chi connectivity index (χ1v) is 9.48.